The first kappa shape index (κ1) is 14.4. The van der Waals surface area contributed by atoms with Gasteiger partial charge in [-0.15, -0.1) is 11.3 Å². The van der Waals surface area contributed by atoms with Crippen LogP contribution in [-0.2, 0) is 0 Å². The van der Waals surface area contributed by atoms with Crippen molar-refractivity contribution in [1.29, 1.82) is 0 Å². The van der Waals surface area contributed by atoms with Crippen LogP contribution in [0.15, 0.2) is 5.38 Å². The lowest BCUT2D eigenvalue weighted by Crippen LogP contribution is -2.45. The van der Waals surface area contributed by atoms with Gasteiger partial charge in [-0.1, -0.05) is 11.6 Å². The number of carbonyl (C=O) groups excluding carboxylic acids is 1. The number of hydrogen-bond donors (Lipinski definition) is 1. The molecule has 0 saturated carbocycles. The van der Waals surface area contributed by atoms with Crippen LogP contribution in [0.4, 0.5) is 0 Å². The average molecular weight is 313 g/mol. The number of piperidine rings is 1. The Morgan fingerprint density at radius 3 is 2.95 bits per heavy atom. The van der Waals surface area contributed by atoms with Gasteiger partial charge in [0, 0.05) is 19.1 Å². The van der Waals surface area contributed by atoms with Crippen molar-refractivity contribution >= 4 is 28.8 Å². The highest BCUT2D eigenvalue weighted by Crippen LogP contribution is 2.31. The molecule has 110 valence electrons. The first-order chi connectivity index (χ1) is 9.66. The largest absolute Gasteiger partial charge is 0.338 e. The van der Waals surface area contributed by atoms with Crippen molar-refractivity contribution in [2.24, 2.45) is 5.92 Å². The van der Waals surface area contributed by atoms with Crippen molar-refractivity contribution in [2.75, 3.05) is 19.6 Å². The number of nitrogens with one attached hydrogen (secondary N) is 1. The third-order valence-corrected chi connectivity index (χ3v) is 6.19. The fourth-order valence-corrected chi connectivity index (χ4v) is 4.60. The van der Waals surface area contributed by atoms with E-state index in [1.807, 2.05) is 17.2 Å². The van der Waals surface area contributed by atoms with E-state index in [2.05, 4.69) is 5.32 Å². The highest BCUT2D eigenvalue weighted by Gasteiger charge is 2.32. The molecule has 3 rings (SSSR count). The molecule has 2 fully saturated rings. The minimum atomic E-state index is 0.121. The van der Waals surface area contributed by atoms with Crippen molar-refractivity contribution in [3.8, 4) is 0 Å². The highest BCUT2D eigenvalue weighted by atomic mass is 35.5. The number of hydrogen-bond acceptors (Lipinski definition) is 3. The van der Waals surface area contributed by atoms with E-state index in [-0.39, 0.29) is 5.91 Å². The summed E-state index contributed by atoms with van der Waals surface area (Å²) in [6.45, 7) is 4.83. The first-order valence-electron chi connectivity index (χ1n) is 7.43. The Kier molecular flexibility index (Phi) is 4.34. The molecule has 20 heavy (non-hydrogen) atoms. The summed E-state index contributed by atoms with van der Waals surface area (Å²) in [5.41, 5.74) is 1.01. The van der Waals surface area contributed by atoms with Gasteiger partial charge in [-0.2, -0.15) is 0 Å². The van der Waals surface area contributed by atoms with Gasteiger partial charge in [0.25, 0.3) is 5.91 Å². The molecule has 2 saturated heterocycles. The zero-order valence-electron chi connectivity index (χ0n) is 11.8. The molecule has 1 aromatic rings. The van der Waals surface area contributed by atoms with Gasteiger partial charge in [-0.25, -0.2) is 0 Å². The predicted molar refractivity (Wildman–Crippen MR) is 83.7 cm³/mol. The van der Waals surface area contributed by atoms with Crippen LogP contribution in [0.1, 0.15) is 40.9 Å². The summed E-state index contributed by atoms with van der Waals surface area (Å²) in [5, 5.41) is 6.19. The number of carbonyl (C=O) groups is 1. The Bertz CT molecular complexity index is 496. The van der Waals surface area contributed by atoms with E-state index in [1.165, 1.54) is 30.6 Å². The summed E-state index contributed by atoms with van der Waals surface area (Å²) in [6.07, 6.45) is 4.87. The summed E-state index contributed by atoms with van der Waals surface area (Å²) in [4.78, 5) is 15.3. The first-order valence-corrected chi connectivity index (χ1v) is 8.69. The Morgan fingerprint density at radius 1 is 1.45 bits per heavy atom. The van der Waals surface area contributed by atoms with E-state index in [4.69, 9.17) is 11.6 Å². The summed E-state index contributed by atoms with van der Waals surface area (Å²) < 4.78 is 0. The van der Waals surface area contributed by atoms with Gasteiger partial charge in [-0.05, 0) is 56.0 Å². The smallest absolute Gasteiger partial charge is 0.265 e. The number of thiophene rings is 1. The van der Waals surface area contributed by atoms with Crippen molar-refractivity contribution in [3.63, 3.8) is 0 Å². The molecule has 3 nitrogen and oxygen atoms in total. The quantitative estimate of drug-likeness (QED) is 0.908. The molecular formula is C15H21ClN2OS. The number of amides is 1. The lowest BCUT2D eigenvalue weighted by atomic mass is 9.89. The molecule has 1 N–H and O–H groups in total. The van der Waals surface area contributed by atoms with Gasteiger partial charge in [0.15, 0.2) is 0 Å². The number of nitrogens with zero attached hydrogens (tertiary/aromatic N) is 1. The zero-order valence-corrected chi connectivity index (χ0v) is 13.4. The number of likely N-dealkylation sites (tertiary alicyclic amines) is 1. The second-order valence-electron chi connectivity index (χ2n) is 5.92. The van der Waals surface area contributed by atoms with Crippen LogP contribution in [0.3, 0.4) is 0 Å². The Balaban J connectivity index is 1.70. The fourth-order valence-electron chi connectivity index (χ4n) is 3.35. The van der Waals surface area contributed by atoms with E-state index < -0.39 is 0 Å². The summed E-state index contributed by atoms with van der Waals surface area (Å²) in [6, 6.07) is 0.603. The van der Waals surface area contributed by atoms with Crippen LogP contribution in [0.2, 0.25) is 5.02 Å². The second kappa shape index (κ2) is 6.04. The monoisotopic (exact) mass is 312 g/mol. The van der Waals surface area contributed by atoms with Gasteiger partial charge in [0.05, 0.1) is 5.02 Å². The van der Waals surface area contributed by atoms with E-state index in [0.717, 1.165) is 31.6 Å². The van der Waals surface area contributed by atoms with E-state index in [0.29, 0.717) is 21.9 Å². The van der Waals surface area contributed by atoms with E-state index in [1.54, 1.807) is 0 Å². The van der Waals surface area contributed by atoms with Crippen LogP contribution < -0.4 is 5.32 Å². The molecule has 2 atom stereocenters. The predicted octanol–water partition coefficient (Wildman–Crippen LogP) is 3.31. The SMILES string of the molecule is Cc1csc(C(=O)N2CCCC(C3CCCN3)C2)c1Cl. The fraction of sp³-hybridized carbons (Fsp3) is 0.667. The molecule has 0 bridgehead atoms. The highest BCUT2D eigenvalue weighted by molar-refractivity contribution is 7.13. The van der Waals surface area contributed by atoms with Gasteiger partial charge >= 0.3 is 0 Å². The molecule has 0 spiro atoms. The van der Waals surface area contributed by atoms with Gasteiger partial charge < -0.3 is 10.2 Å². The third-order valence-electron chi connectivity index (χ3n) is 4.51. The molecule has 2 aliphatic heterocycles. The lowest BCUT2D eigenvalue weighted by molar-refractivity contribution is 0.0656. The van der Waals surface area contributed by atoms with Gasteiger partial charge in [-0.3, -0.25) is 4.79 Å². The Morgan fingerprint density at radius 2 is 2.30 bits per heavy atom. The van der Waals surface area contributed by atoms with E-state index >= 15 is 0 Å². The maximum Gasteiger partial charge on any atom is 0.265 e. The normalized spacial score (nSPS) is 27.0. The standard InChI is InChI=1S/C15H21ClN2OS/c1-10-9-20-14(13(10)16)15(19)18-7-3-4-11(8-18)12-5-2-6-17-12/h9,11-12,17H,2-8H2,1H3. The number of halogens is 1. The summed E-state index contributed by atoms with van der Waals surface area (Å²) in [7, 11) is 0. The molecule has 1 aromatic heterocycles. The molecule has 0 radical (unpaired) electrons. The van der Waals surface area contributed by atoms with Crippen molar-refractivity contribution in [1.82, 2.24) is 10.2 Å². The summed E-state index contributed by atoms with van der Waals surface area (Å²) in [5.74, 6) is 0.728. The molecular weight excluding hydrogens is 292 g/mol. The van der Waals surface area contributed by atoms with Gasteiger partial charge in [0.2, 0.25) is 0 Å². The van der Waals surface area contributed by atoms with E-state index in [9.17, 15) is 4.79 Å². The second-order valence-corrected chi connectivity index (χ2v) is 7.18. The maximum atomic E-state index is 12.6. The number of rotatable bonds is 2. The molecule has 0 aliphatic carbocycles. The Labute approximate surface area is 129 Å². The zero-order chi connectivity index (χ0) is 14.1. The van der Waals surface area contributed by atoms with Crippen LogP contribution >= 0.6 is 22.9 Å². The average Bonchev–Trinajstić information content (AvgIpc) is 3.10. The number of aryl methyl sites for hydroxylation is 1. The minimum absolute atomic E-state index is 0.121. The minimum Gasteiger partial charge on any atom is -0.338 e. The van der Waals surface area contributed by atoms with Crippen LogP contribution in [-0.4, -0.2) is 36.5 Å². The van der Waals surface area contributed by atoms with Crippen molar-refractivity contribution in [2.45, 2.75) is 38.6 Å². The van der Waals surface area contributed by atoms with Crippen molar-refractivity contribution < 1.29 is 4.79 Å². The molecule has 5 heteroatoms. The van der Waals surface area contributed by atoms with Crippen LogP contribution in [0.5, 0.6) is 0 Å². The van der Waals surface area contributed by atoms with Crippen LogP contribution in [0.25, 0.3) is 0 Å². The van der Waals surface area contributed by atoms with Gasteiger partial charge in [0.1, 0.15) is 4.88 Å². The van der Waals surface area contributed by atoms with Crippen LogP contribution in [0, 0.1) is 12.8 Å². The Hall–Kier alpha value is -0.580. The molecule has 3 heterocycles. The third kappa shape index (κ3) is 2.74. The molecule has 1 amide bonds. The molecule has 2 unspecified atom stereocenters. The molecule has 2 aliphatic rings. The molecule has 0 aromatic carbocycles. The maximum absolute atomic E-state index is 12.6. The van der Waals surface area contributed by atoms with Crippen molar-refractivity contribution in [3.05, 3.63) is 20.8 Å². The summed E-state index contributed by atoms with van der Waals surface area (Å²) >= 11 is 7.71. The topological polar surface area (TPSA) is 32.3 Å². The lowest BCUT2D eigenvalue weighted by Gasteiger charge is -2.35.